The molecule has 124 valence electrons. The molecule has 1 aromatic heterocycles. The highest BCUT2D eigenvalue weighted by atomic mass is 16.5. The van der Waals surface area contributed by atoms with Gasteiger partial charge in [0.25, 0.3) is 0 Å². The topological polar surface area (TPSA) is 53.7 Å². The molecule has 2 rings (SSSR count). The third-order valence-corrected chi connectivity index (χ3v) is 3.98. The third-order valence-electron chi connectivity index (χ3n) is 3.98. The van der Waals surface area contributed by atoms with E-state index < -0.39 is 0 Å². The Balaban J connectivity index is 1.95. The Bertz CT molecular complexity index is 629. The van der Waals surface area contributed by atoms with Crippen molar-refractivity contribution in [3.8, 4) is 0 Å². The zero-order valence-electron chi connectivity index (χ0n) is 14.6. The van der Waals surface area contributed by atoms with Crippen LogP contribution >= 0.6 is 0 Å². The van der Waals surface area contributed by atoms with Crippen LogP contribution in [0.5, 0.6) is 0 Å². The molecule has 2 aromatic rings. The van der Waals surface area contributed by atoms with Crippen molar-refractivity contribution in [2.45, 2.75) is 33.2 Å². The first-order chi connectivity index (χ1) is 11.0. The van der Waals surface area contributed by atoms with Crippen LogP contribution in [0.3, 0.4) is 0 Å². The highest BCUT2D eigenvalue weighted by molar-refractivity contribution is 5.79. The van der Waals surface area contributed by atoms with Gasteiger partial charge in [-0.15, -0.1) is 0 Å². The summed E-state index contributed by atoms with van der Waals surface area (Å²) in [6.45, 7) is 7.72. The van der Waals surface area contributed by atoms with E-state index in [1.807, 2.05) is 34.0 Å². The lowest BCUT2D eigenvalue weighted by atomic mass is 10.00. The van der Waals surface area contributed by atoms with Crippen LogP contribution < -0.4 is 5.32 Å². The Morgan fingerprint density at radius 3 is 2.57 bits per heavy atom. The molecular weight excluding hydrogens is 288 g/mol. The number of benzene rings is 1. The molecule has 1 N–H and O–H groups in total. The third kappa shape index (κ3) is 4.34. The predicted octanol–water partition coefficient (Wildman–Crippen LogP) is 3.10. The van der Waals surface area contributed by atoms with Gasteiger partial charge in [0.2, 0.25) is 0 Å². The number of hydrogen-bond donors (Lipinski definition) is 1. The van der Waals surface area contributed by atoms with Gasteiger partial charge in [0, 0.05) is 38.7 Å². The molecular formula is C18H26N4O. The van der Waals surface area contributed by atoms with Gasteiger partial charge in [-0.05, 0) is 19.4 Å². The van der Waals surface area contributed by atoms with Crippen molar-refractivity contribution in [3.63, 3.8) is 0 Å². The molecule has 1 aromatic carbocycles. The summed E-state index contributed by atoms with van der Waals surface area (Å²) in [5, 5.41) is 7.47. The average Bonchev–Trinajstić information content (AvgIpc) is 2.87. The van der Waals surface area contributed by atoms with E-state index in [9.17, 15) is 0 Å². The second kappa shape index (κ2) is 7.81. The van der Waals surface area contributed by atoms with E-state index in [1.54, 1.807) is 0 Å². The lowest BCUT2D eigenvalue weighted by Gasteiger charge is -2.23. The monoisotopic (exact) mass is 314 g/mol. The molecule has 1 atom stereocenters. The van der Waals surface area contributed by atoms with E-state index in [0.717, 1.165) is 30.5 Å². The van der Waals surface area contributed by atoms with Crippen molar-refractivity contribution in [1.82, 2.24) is 15.4 Å². The number of hydrogen-bond acceptors (Lipinski definition) is 3. The first kappa shape index (κ1) is 17.1. The molecule has 0 amide bonds. The second-order valence-corrected chi connectivity index (χ2v) is 5.91. The Hall–Kier alpha value is -2.30. The summed E-state index contributed by atoms with van der Waals surface area (Å²) < 4.78 is 5.26. The molecule has 1 unspecified atom stereocenters. The molecule has 0 aliphatic heterocycles. The van der Waals surface area contributed by atoms with E-state index in [4.69, 9.17) is 4.52 Å². The van der Waals surface area contributed by atoms with Crippen molar-refractivity contribution in [2.24, 2.45) is 4.99 Å². The highest BCUT2D eigenvalue weighted by Crippen LogP contribution is 2.22. The van der Waals surface area contributed by atoms with Crippen LogP contribution in [0.25, 0.3) is 0 Å². The zero-order chi connectivity index (χ0) is 16.8. The Morgan fingerprint density at radius 1 is 1.30 bits per heavy atom. The molecule has 5 nitrogen and oxygen atoms in total. The number of nitrogens with one attached hydrogen (secondary N) is 1. The molecule has 0 spiro atoms. The van der Waals surface area contributed by atoms with Gasteiger partial charge in [0.15, 0.2) is 5.96 Å². The first-order valence-corrected chi connectivity index (χ1v) is 7.91. The second-order valence-electron chi connectivity index (χ2n) is 5.91. The van der Waals surface area contributed by atoms with Gasteiger partial charge in [-0.2, -0.15) is 0 Å². The van der Waals surface area contributed by atoms with Gasteiger partial charge in [-0.1, -0.05) is 42.4 Å². The maximum atomic E-state index is 5.26. The standard InChI is InChI=1S/C18H26N4O/c1-13(17-14(2)21-23-15(17)3)11-20-18(19-4)22(5)12-16-9-7-6-8-10-16/h6-10,13H,11-12H2,1-5H3,(H,19,20). The molecule has 0 radical (unpaired) electrons. The number of nitrogens with zero attached hydrogens (tertiary/aromatic N) is 3. The lowest BCUT2D eigenvalue weighted by molar-refractivity contribution is 0.391. The minimum atomic E-state index is 0.308. The number of aromatic nitrogens is 1. The van der Waals surface area contributed by atoms with Crippen molar-refractivity contribution in [2.75, 3.05) is 20.6 Å². The van der Waals surface area contributed by atoms with E-state index in [2.05, 4.69) is 51.6 Å². The van der Waals surface area contributed by atoms with Crippen molar-refractivity contribution >= 4 is 5.96 Å². The summed E-state index contributed by atoms with van der Waals surface area (Å²) in [5.41, 5.74) is 3.40. The predicted molar refractivity (Wildman–Crippen MR) is 93.7 cm³/mol. The molecule has 0 saturated heterocycles. The SMILES string of the molecule is CN=C(NCC(C)c1c(C)noc1C)N(C)Cc1ccccc1. The smallest absolute Gasteiger partial charge is 0.193 e. The highest BCUT2D eigenvalue weighted by Gasteiger charge is 2.17. The van der Waals surface area contributed by atoms with Gasteiger partial charge in [-0.3, -0.25) is 4.99 Å². The summed E-state index contributed by atoms with van der Waals surface area (Å²) in [7, 11) is 3.85. The Labute approximate surface area is 138 Å². The fraction of sp³-hybridized carbons (Fsp3) is 0.444. The van der Waals surface area contributed by atoms with Gasteiger partial charge >= 0.3 is 0 Å². The normalized spacial score (nSPS) is 13.0. The quantitative estimate of drug-likeness (QED) is 0.680. The summed E-state index contributed by atoms with van der Waals surface area (Å²) in [4.78, 5) is 6.50. The van der Waals surface area contributed by atoms with Crippen molar-refractivity contribution in [3.05, 3.63) is 52.9 Å². The minimum Gasteiger partial charge on any atom is -0.361 e. The number of guanidine groups is 1. The first-order valence-electron chi connectivity index (χ1n) is 7.91. The molecule has 1 heterocycles. The fourth-order valence-corrected chi connectivity index (χ4v) is 2.86. The van der Waals surface area contributed by atoms with Crippen LogP contribution in [-0.4, -0.2) is 36.7 Å². The molecule has 0 saturated carbocycles. The minimum absolute atomic E-state index is 0.308. The van der Waals surface area contributed by atoms with Crippen LogP contribution in [0, 0.1) is 13.8 Å². The van der Waals surface area contributed by atoms with Gasteiger partial charge < -0.3 is 14.7 Å². The van der Waals surface area contributed by atoms with Gasteiger partial charge in [0.05, 0.1) is 5.69 Å². The summed E-state index contributed by atoms with van der Waals surface area (Å²) >= 11 is 0. The van der Waals surface area contributed by atoms with Crippen LogP contribution in [0.4, 0.5) is 0 Å². The Kier molecular flexibility index (Phi) is 5.79. The molecule has 23 heavy (non-hydrogen) atoms. The number of aliphatic imine (C=N–C) groups is 1. The van der Waals surface area contributed by atoms with E-state index in [1.165, 1.54) is 11.1 Å². The van der Waals surface area contributed by atoms with Crippen LogP contribution in [-0.2, 0) is 6.54 Å². The molecule has 0 aliphatic rings. The van der Waals surface area contributed by atoms with Crippen LogP contribution in [0.15, 0.2) is 39.8 Å². The van der Waals surface area contributed by atoms with E-state index >= 15 is 0 Å². The summed E-state index contributed by atoms with van der Waals surface area (Å²) in [5.74, 6) is 2.08. The Morgan fingerprint density at radius 2 is 2.00 bits per heavy atom. The molecule has 0 aliphatic carbocycles. The summed E-state index contributed by atoms with van der Waals surface area (Å²) in [6, 6.07) is 10.4. The molecule has 5 heteroatoms. The molecule has 0 bridgehead atoms. The van der Waals surface area contributed by atoms with E-state index in [-0.39, 0.29) is 0 Å². The number of aryl methyl sites for hydroxylation is 2. The fourth-order valence-electron chi connectivity index (χ4n) is 2.86. The maximum Gasteiger partial charge on any atom is 0.193 e. The van der Waals surface area contributed by atoms with Crippen molar-refractivity contribution in [1.29, 1.82) is 0 Å². The zero-order valence-corrected chi connectivity index (χ0v) is 14.6. The lowest BCUT2D eigenvalue weighted by Crippen LogP contribution is -2.40. The van der Waals surface area contributed by atoms with Crippen molar-refractivity contribution < 1.29 is 4.52 Å². The number of rotatable bonds is 5. The van der Waals surface area contributed by atoms with Gasteiger partial charge in [0.1, 0.15) is 5.76 Å². The maximum absolute atomic E-state index is 5.26. The molecule has 0 fully saturated rings. The van der Waals surface area contributed by atoms with Crippen LogP contribution in [0.2, 0.25) is 0 Å². The largest absolute Gasteiger partial charge is 0.361 e. The summed E-state index contributed by atoms with van der Waals surface area (Å²) in [6.07, 6.45) is 0. The van der Waals surface area contributed by atoms with Crippen LogP contribution in [0.1, 0.15) is 35.4 Å². The van der Waals surface area contributed by atoms with E-state index in [0.29, 0.717) is 5.92 Å². The average molecular weight is 314 g/mol. The van der Waals surface area contributed by atoms with Gasteiger partial charge in [-0.25, -0.2) is 0 Å².